The molecule has 0 aromatic carbocycles. The molecular formula is C6H13IO4. The first-order valence-corrected chi connectivity index (χ1v) is 4.85. The second kappa shape index (κ2) is 6.13. The largest absolute Gasteiger partial charge is 0.394 e. The lowest BCUT2D eigenvalue weighted by molar-refractivity contribution is -0.0129. The lowest BCUT2D eigenvalue weighted by atomic mass is 10.1. The van der Waals surface area contributed by atoms with Gasteiger partial charge in [0, 0.05) is 10.8 Å². The van der Waals surface area contributed by atoms with E-state index in [0.29, 0.717) is 4.43 Å². The van der Waals surface area contributed by atoms with Crippen molar-refractivity contribution in [2.75, 3.05) is 11.0 Å². The molecule has 0 aromatic rings. The zero-order chi connectivity index (χ0) is 8.85. The Kier molecular flexibility index (Phi) is 6.44. The summed E-state index contributed by atoms with van der Waals surface area (Å²) < 4.78 is 0.414. The van der Waals surface area contributed by atoms with Crippen LogP contribution in [0, 0.1) is 0 Å². The van der Waals surface area contributed by atoms with Gasteiger partial charge in [0.05, 0.1) is 24.9 Å². The van der Waals surface area contributed by atoms with E-state index >= 15 is 0 Å². The Morgan fingerprint density at radius 3 is 2.00 bits per heavy atom. The maximum absolute atomic E-state index is 9.09. The van der Waals surface area contributed by atoms with Crippen molar-refractivity contribution in [1.29, 1.82) is 0 Å². The van der Waals surface area contributed by atoms with Gasteiger partial charge in [-0.1, -0.05) is 22.6 Å². The monoisotopic (exact) mass is 276 g/mol. The molecule has 0 heterocycles. The predicted octanol–water partition coefficient (Wildman–Crippen LogP) is -1.11. The minimum Gasteiger partial charge on any atom is -0.394 e. The van der Waals surface area contributed by atoms with Gasteiger partial charge in [-0.15, -0.1) is 0 Å². The summed E-state index contributed by atoms with van der Waals surface area (Å²) >= 11 is 1.93. The highest BCUT2D eigenvalue weighted by atomic mass is 127. The Labute approximate surface area is 79.0 Å². The molecule has 0 spiro atoms. The van der Waals surface area contributed by atoms with E-state index in [9.17, 15) is 0 Å². The van der Waals surface area contributed by atoms with Crippen molar-refractivity contribution in [1.82, 2.24) is 0 Å². The van der Waals surface area contributed by atoms with Crippen LogP contribution in [0.5, 0.6) is 0 Å². The minimum absolute atomic E-state index is 0.0146. The molecule has 3 atom stereocenters. The summed E-state index contributed by atoms with van der Waals surface area (Å²) in [6, 6.07) is 0. The van der Waals surface area contributed by atoms with Gasteiger partial charge in [-0.25, -0.2) is 0 Å². The van der Waals surface area contributed by atoms with Crippen LogP contribution in [-0.4, -0.2) is 49.8 Å². The van der Waals surface area contributed by atoms with Gasteiger partial charge in [0.2, 0.25) is 0 Å². The van der Waals surface area contributed by atoms with Gasteiger partial charge in [-0.3, -0.25) is 0 Å². The van der Waals surface area contributed by atoms with E-state index in [-0.39, 0.29) is 13.0 Å². The summed E-state index contributed by atoms with van der Waals surface area (Å²) in [5, 5.41) is 35.4. The Morgan fingerprint density at radius 1 is 1.09 bits per heavy atom. The van der Waals surface area contributed by atoms with Crippen molar-refractivity contribution in [3.05, 3.63) is 0 Å². The summed E-state index contributed by atoms with van der Waals surface area (Å²) in [7, 11) is 0. The quantitative estimate of drug-likeness (QED) is 0.379. The molecular weight excluding hydrogens is 263 g/mol. The van der Waals surface area contributed by atoms with E-state index in [1.54, 1.807) is 0 Å². The number of hydrogen-bond acceptors (Lipinski definition) is 4. The third kappa shape index (κ3) is 4.91. The Morgan fingerprint density at radius 2 is 1.64 bits per heavy atom. The van der Waals surface area contributed by atoms with Crippen molar-refractivity contribution < 1.29 is 20.4 Å². The molecule has 0 aromatic heterocycles. The van der Waals surface area contributed by atoms with Gasteiger partial charge in [0.15, 0.2) is 0 Å². The third-order valence-electron chi connectivity index (χ3n) is 1.33. The molecule has 0 bridgehead atoms. The average Bonchev–Trinajstić information content (AvgIpc) is 2.02. The van der Waals surface area contributed by atoms with E-state index < -0.39 is 18.3 Å². The summed E-state index contributed by atoms with van der Waals surface area (Å²) in [5.41, 5.74) is 0. The van der Waals surface area contributed by atoms with Crippen molar-refractivity contribution in [3.8, 4) is 0 Å². The van der Waals surface area contributed by atoms with Gasteiger partial charge >= 0.3 is 0 Å². The molecule has 0 aliphatic carbocycles. The van der Waals surface area contributed by atoms with Crippen LogP contribution in [0.1, 0.15) is 6.42 Å². The number of rotatable bonds is 5. The molecule has 0 saturated carbocycles. The molecule has 11 heavy (non-hydrogen) atoms. The molecule has 4 nitrogen and oxygen atoms in total. The normalized spacial score (nSPS) is 19.4. The summed E-state index contributed by atoms with van der Waals surface area (Å²) in [6.07, 6.45) is -2.70. The first-order chi connectivity index (χ1) is 5.11. The molecule has 0 fully saturated rings. The first kappa shape index (κ1) is 11.6. The Balaban J connectivity index is 3.58. The lowest BCUT2D eigenvalue weighted by Crippen LogP contribution is -2.32. The van der Waals surface area contributed by atoms with Crippen molar-refractivity contribution in [2.24, 2.45) is 0 Å². The fourth-order valence-electron chi connectivity index (χ4n) is 0.613. The van der Waals surface area contributed by atoms with Crippen LogP contribution in [0.3, 0.4) is 0 Å². The molecule has 5 heteroatoms. The smallest absolute Gasteiger partial charge is 0.0889 e. The second-order valence-electron chi connectivity index (χ2n) is 2.36. The predicted molar refractivity (Wildman–Crippen MR) is 48.6 cm³/mol. The highest BCUT2D eigenvalue weighted by molar-refractivity contribution is 14.1. The zero-order valence-corrected chi connectivity index (χ0v) is 8.18. The molecule has 0 aliphatic rings. The maximum Gasteiger partial charge on any atom is 0.0889 e. The third-order valence-corrected chi connectivity index (χ3v) is 2.23. The van der Waals surface area contributed by atoms with Crippen LogP contribution >= 0.6 is 22.6 Å². The number of halogens is 1. The van der Waals surface area contributed by atoms with Crippen molar-refractivity contribution >= 4 is 22.6 Å². The van der Waals surface area contributed by atoms with Gasteiger partial charge in [-0.05, 0) is 0 Å². The SMILES string of the molecule is OCC(O)CC(O)C(O)CI. The van der Waals surface area contributed by atoms with Crippen molar-refractivity contribution in [3.63, 3.8) is 0 Å². The number of hydrogen-bond donors (Lipinski definition) is 4. The fraction of sp³-hybridized carbons (Fsp3) is 1.00. The number of aliphatic hydroxyl groups excluding tert-OH is 4. The number of aliphatic hydroxyl groups is 4. The van der Waals surface area contributed by atoms with Crippen LogP contribution in [-0.2, 0) is 0 Å². The maximum atomic E-state index is 9.09. The highest BCUT2D eigenvalue weighted by Gasteiger charge is 2.18. The molecule has 0 saturated heterocycles. The standard InChI is InChI=1S/C6H13IO4/c7-2-6(11)5(10)1-4(9)3-8/h4-6,8-11H,1-3H2. The number of alkyl halides is 1. The topological polar surface area (TPSA) is 80.9 Å². The molecule has 68 valence electrons. The molecule has 4 N–H and O–H groups in total. The van der Waals surface area contributed by atoms with Crippen LogP contribution in [0.25, 0.3) is 0 Å². The molecule has 0 radical (unpaired) electrons. The molecule has 0 rings (SSSR count). The Bertz CT molecular complexity index is 101. The fourth-order valence-corrected chi connectivity index (χ4v) is 1.20. The highest BCUT2D eigenvalue weighted by Crippen LogP contribution is 2.05. The van der Waals surface area contributed by atoms with Gasteiger partial charge in [-0.2, -0.15) is 0 Å². The van der Waals surface area contributed by atoms with Gasteiger partial charge < -0.3 is 20.4 Å². The summed E-state index contributed by atoms with van der Waals surface area (Å²) in [6.45, 7) is -0.384. The lowest BCUT2D eigenvalue weighted by Gasteiger charge is -2.17. The first-order valence-electron chi connectivity index (χ1n) is 3.32. The molecule has 0 aliphatic heterocycles. The molecule has 0 amide bonds. The van der Waals surface area contributed by atoms with E-state index in [1.807, 2.05) is 22.6 Å². The van der Waals surface area contributed by atoms with Crippen LogP contribution in [0.4, 0.5) is 0 Å². The van der Waals surface area contributed by atoms with E-state index in [0.717, 1.165) is 0 Å². The van der Waals surface area contributed by atoms with E-state index in [2.05, 4.69) is 0 Å². The van der Waals surface area contributed by atoms with Gasteiger partial charge in [0.1, 0.15) is 0 Å². The minimum atomic E-state index is -0.950. The summed E-state index contributed by atoms with van der Waals surface area (Å²) in [4.78, 5) is 0. The van der Waals surface area contributed by atoms with Crippen LogP contribution in [0.15, 0.2) is 0 Å². The van der Waals surface area contributed by atoms with Crippen LogP contribution < -0.4 is 0 Å². The Hall–Kier alpha value is 0.570. The molecule has 3 unspecified atom stereocenters. The average molecular weight is 276 g/mol. The van der Waals surface area contributed by atoms with E-state index in [4.69, 9.17) is 20.4 Å². The van der Waals surface area contributed by atoms with Crippen LogP contribution in [0.2, 0.25) is 0 Å². The van der Waals surface area contributed by atoms with Gasteiger partial charge in [0.25, 0.3) is 0 Å². The van der Waals surface area contributed by atoms with Crippen molar-refractivity contribution in [2.45, 2.75) is 24.7 Å². The second-order valence-corrected chi connectivity index (χ2v) is 3.24. The zero-order valence-electron chi connectivity index (χ0n) is 6.02. The van der Waals surface area contributed by atoms with E-state index in [1.165, 1.54) is 0 Å². The summed E-state index contributed by atoms with van der Waals surface area (Å²) in [5.74, 6) is 0.